The molecule has 1 aromatic heterocycles. The van der Waals surface area contributed by atoms with Crippen molar-refractivity contribution in [1.29, 1.82) is 0 Å². The number of hydrogen-bond acceptors (Lipinski definition) is 4. The third kappa shape index (κ3) is 4.41. The van der Waals surface area contributed by atoms with Crippen molar-refractivity contribution in [2.24, 2.45) is 10.5 Å². The van der Waals surface area contributed by atoms with Crippen molar-refractivity contribution in [2.45, 2.75) is 44.9 Å². The van der Waals surface area contributed by atoms with E-state index in [4.69, 9.17) is 0 Å². The molecule has 2 aliphatic rings. The minimum absolute atomic E-state index is 0.258. The number of hydrogen-bond donors (Lipinski definition) is 1. The molecule has 146 valence electrons. The zero-order valence-corrected chi connectivity index (χ0v) is 16.3. The molecular weight excluding hydrogens is 348 g/mol. The highest BCUT2D eigenvalue weighted by Gasteiger charge is 2.35. The van der Waals surface area contributed by atoms with Crippen molar-refractivity contribution in [1.82, 2.24) is 10.4 Å². The van der Waals surface area contributed by atoms with Gasteiger partial charge >= 0.3 is 0 Å². The van der Waals surface area contributed by atoms with E-state index in [2.05, 4.69) is 44.7 Å². The van der Waals surface area contributed by atoms with Crippen LogP contribution in [0.15, 0.2) is 53.9 Å². The Balaban J connectivity index is 1.30. The van der Waals surface area contributed by atoms with Gasteiger partial charge in [-0.15, -0.1) is 0 Å². The molecule has 0 atom stereocenters. The second-order valence-electron chi connectivity index (χ2n) is 8.08. The van der Waals surface area contributed by atoms with Gasteiger partial charge in [-0.1, -0.05) is 31.4 Å². The number of amides is 1. The zero-order chi connectivity index (χ0) is 19.2. The molecule has 1 aliphatic carbocycles. The molecule has 2 aromatic rings. The first-order chi connectivity index (χ1) is 13.7. The van der Waals surface area contributed by atoms with Crippen molar-refractivity contribution in [3.05, 3.63) is 59.9 Å². The van der Waals surface area contributed by atoms with Crippen LogP contribution in [0.5, 0.6) is 0 Å². The molecule has 2 heterocycles. The lowest BCUT2D eigenvalue weighted by atomic mass is 9.68. The number of nitrogens with one attached hydrogen (secondary N) is 1. The standard InChI is InChI=1S/C23H28N4O/c28-22(20-5-4-14-24-18-20)26-25-17-19-6-8-21(9-7-19)27-15-12-23(13-16-27)10-2-1-3-11-23/h4-9,14,17-18H,1-3,10-13,15-16H2,(H,26,28). The predicted octanol–water partition coefficient (Wildman–Crippen LogP) is 4.40. The van der Waals surface area contributed by atoms with Crippen LogP contribution in [0.1, 0.15) is 60.9 Å². The number of benzene rings is 1. The summed E-state index contributed by atoms with van der Waals surface area (Å²) in [5, 5.41) is 4.05. The SMILES string of the molecule is O=C(NN=Cc1ccc(N2CCC3(CCCCC3)CC2)cc1)c1cccnc1. The molecule has 1 N–H and O–H groups in total. The van der Waals surface area contributed by atoms with Gasteiger partial charge in [0, 0.05) is 31.2 Å². The predicted molar refractivity (Wildman–Crippen MR) is 113 cm³/mol. The molecule has 5 heteroatoms. The van der Waals surface area contributed by atoms with Gasteiger partial charge in [-0.05, 0) is 60.9 Å². The number of piperidine rings is 1. The van der Waals surface area contributed by atoms with Gasteiger partial charge in [0.25, 0.3) is 5.91 Å². The molecule has 2 fully saturated rings. The molecule has 0 unspecified atom stereocenters. The van der Waals surface area contributed by atoms with Gasteiger partial charge in [0.05, 0.1) is 11.8 Å². The van der Waals surface area contributed by atoms with E-state index in [0.29, 0.717) is 11.0 Å². The number of hydrazone groups is 1. The summed E-state index contributed by atoms with van der Waals surface area (Å²) in [6, 6.07) is 11.9. The van der Waals surface area contributed by atoms with Crippen LogP contribution in [0, 0.1) is 5.41 Å². The Morgan fingerprint density at radius 3 is 2.46 bits per heavy atom. The van der Waals surface area contributed by atoms with E-state index < -0.39 is 0 Å². The Morgan fingerprint density at radius 1 is 1.04 bits per heavy atom. The summed E-state index contributed by atoms with van der Waals surface area (Å²) < 4.78 is 0. The first-order valence-electron chi connectivity index (χ1n) is 10.3. The Hall–Kier alpha value is -2.69. The van der Waals surface area contributed by atoms with Gasteiger partial charge in [-0.2, -0.15) is 5.10 Å². The molecular formula is C23H28N4O. The number of anilines is 1. The minimum atomic E-state index is -0.258. The third-order valence-electron chi connectivity index (χ3n) is 6.30. The van der Waals surface area contributed by atoms with Crippen molar-refractivity contribution >= 4 is 17.8 Å². The topological polar surface area (TPSA) is 57.6 Å². The smallest absolute Gasteiger partial charge is 0.272 e. The monoisotopic (exact) mass is 376 g/mol. The number of nitrogens with zero attached hydrogens (tertiary/aromatic N) is 3. The third-order valence-corrected chi connectivity index (χ3v) is 6.30. The highest BCUT2D eigenvalue weighted by Crippen LogP contribution is 2.45. The van der Waals surface area contributed by atoms with E-state index in [1.165, 1.54) is 56.8 Å². The fourth-order valence-corrected chi connectivity index (χ4v) is 4.54. The molecule has 28 heavy (non-hydrogen) atoms. The zero-order valence-electron chi connectivity index (χ0n) is 16.3. The van der Waals surface area contributed by atoms with E-state index >= 15 is 0 Å². The Bertz CT molecular complexity index is 800. The summed E-state index contributed by atoms with van der Waals surface area (Å²) in [6.45, 7) is 2.32. The van der Waals surface area contributed by atoms with Gasteiger partial charge < -0.3 is 4.90 Å². The van der Waals surface area contributed by atoms with Gasteiger partial charge in [-0.3, -0.25) is 9.78 Å². The Morgan fingerprint density at radius 2 is 1.79 bits per heavy atom. The first kappa shape index (κ1) is 18.7. The lowest BCUT2D eigenvalue weighted by molar-refractivity contribution is 0.0955. The molecule has 1 saturated heterocycles. The van der Waals surface area contributed by atoms with Gasteiger partial charge in [-0.25, -0.2) is 5.43 Å². The molecule has 1 amide bonds. The van der Waals surface area contributed by atoms with Crippen molar-refractivity contribution in [2.75, 3.05) is 18.0 Å². The summed E-state index contributed by atoms with van der Waals surface area (Å²) in [5.41, 5.74) is 5.92. The van der Waals surface area contributed by atoms with Crippen LogP contribution in [0.3, 0.4) is 0 Å². The number of carbonyl (C=O) groups is 1. The summed E-state index contributed by atoms with van der Waals surface area (Å²) in [6.07, 6.45) is 14.6. The van der Waals surface area contributed by atoms with Crippen LogP contribution in [-0.4, -0.2) is 30.2 Å². The maximum absolute atomic E-state index is 12.0. The van der Waals surface area contributed by atoms with Crippen LogP contribution in [-0.2, 0) is 0 Å². The average molecular weight is 377 g/mol. The Labute approximate surface area is 166 Å². The molecule has 0 bridgehead atoms. The van der Waals surface area contributed by atoms with E-state index in [1.54, 1.807) is 24.5 Å². The summed E-state index contributed by atoms with van der Waals surface area (Å²) in [7, 11) is 0. The molecule has 1 aliphatic heterocycles. The molecule has 0 radical (unpaired) electrons. The molecule has 5 nitrogen and oxygen atoms in total. The molecule has 4 rings (SSSR count). The second kappa shape index (κ2) is 8.55. The Kier molecular flexibility index (Phi) is 5.70. The largest absolute Gasteiger partial charge is 0.371 e. The van der Waals surface area contributed by atoms with Crippen molar-refractivity contribution < 1.29 is 4.79 Å². The lowest BCUT2D eigenvalue weighted by Crippen LogP contribution is -2.41. The quantitative estimate of drug-likeness (QED) is 0.636. The minimum Gasteiger partial charge on any atom is -0.371 e. The van der Waals surface area contributed by atoms with Gasteiger partial charge in [0.1, 0.15) is 0 Å². The highest BCUT2D eigenvalue weighted by atomic mass is 16.2. The van der Waals surface area contributed by atoms with Crippen LogP contribution in [0.2, 0.25) is 0 Å². The van der Waals surface area contributed by atoms with Crippen LogP contribution >= 0.6 is 0 Å². The van der Waals surface area contributed by atoms with E-state index in [9.17, 15) is 4.79 Å². The lowest BCUT2D eigenvalue weighted by Gasteiger charge is -2.45. The molecule has 1 spiro atoms. The number of pyridine rings is 1. The fraction of sp³-hybridized carbons (Fsp3) is 0.435. The normalized spacial score (nSPS) is 19.1. The molecule has 1 aromatic carbocycles. The van der Waals surface area contributed by atoms with Gasteiger partial charge in [0.2, 0.25) is 0 Å². The van der Waals surface area contributed by atoms with Crippen LogP contribution < -0.4 is 10.3 Å². The highest BCUT2D eigenvalue weighted by molar-refractivity contribution is 5.94. The number of rotatable bonds is 4. The fourth-order valence-electron chi connectivity index (χ4n) is 4.54. The van der Waals surface area contributed by atoms with E-state index in [0.717, 1.165) is 18.7 Å². The van der Waals surface area contributed by atoms with Crippen LogP contribution in [0.4, 0.5) is 5.69 Å². The summed E-state index contributed by atoms with van der Waals surface area (Å²) >= 11 is 0. The summed E-state index contributed by atoms with van der Waals surface area (Å²) in [5.74, 6) is -0.258. The number of carbonyl (C=O) groups excluding carboxylic acids is 1. The first-order valence-corrected chi connectivity index (χ1v) is 10.3. The number of aromatic nitrogens is 1. The van der Waals surface area contributed by atoms with Gasteiger partial charge in [0.15, 0.2) is 0 Å². The maximum atomic E-state index is 12.0. The summed E-state index contributed by atoms with van der Waals surface area (Å²) in [4.78, 5) is 18.4. The molecule has 1 saturated carbocycles. The van der Waals surface area contributed by atoms with Crippen molar-refractivity contribution in [3.8, 4) is 0 Å². The maximum Gasteiger partial charge on any atom is 0.272 e. The van der Waals surface area contributed by atoms with E-state index in [1.807, 2.05) is 0 Å². The average Bonchev–Trinajstić information content (AvgIpc) is 2.76. The van der Waals surface area contributed by atoms with E-state index in [-0.39, 0.29) is 5.91 Å². The van der Waals surface area contributed by atoms with Crippen LogP contribution in [0.25, 0.3) is 0 Å². The van der Waals surface area contributed by atoms with Crippen molar-refractivity contribution in [3.63, 3.8) is 0 Å². The second-order valence-corrected chi connectivity index (χ2v) is 8.08.